The van der Waals surface area contributed by atoms with E-state index in [2.05, 4.69) is 15.4 Å². The number of nitrogens with one attached hydrogen (secondary N) is 2. The molecule has 0 aromatic heterocycles. The van der Waals surface area contributed by atoms with Crippen LogP contribution in [0.2, 0.25) is 0 Å². The molecule has 0 saturated heterocycles. The first-order chi connectivity index (χ1) is 7.20. The van der Waals surface area contributed by atoms with Gasteiger partial charge in [0.1, 0.15) is 0 Å². The Bertz CT molecular complexity index is 200. The zero-order valence-corrected chi connectivity index (χ0v) is 9.99. The molecule has 0 aromatic carbocycles. The van der Waals surface area contributed by atoms with Gasteiger partial charge in [0, 0.05) is 26.8 Å². The van der Waals surface area contributed by atoms with E-state index in [-0.39, 0.29) is 5.97 Å². The second-order valence-electron chi connectivity index (χ2n) is 2.86. The lowest BCUT2D eigenvalue weighted by molar-refractivity contribution is -0.140. The standard InChI is InChI=1S/C9H18N2O3S/c1-13-7-3-5-10-9(15)11-6-4-8(12)14-2/h3-7H2,1-2H3,(H2,10,11,15). The Morgan fingerprint density at radius 1 is 1.27 bits per heavy atom. The van der Waals surface area contributed by atoms with Crippen molar-refractivity contribution < 1.29 is 14.3 Å². The molecular formula is C9H18N2O3S. The number of hydrogen-bond acceptors (Lipinski definition) is 4. The van der Waals surface area contributed by atoms with Gasteiger partial charge in [-0.15, -0.1) is 0 Å². The maximum absolute atomic E-state index is 10.8. The molecule has 0 heterocycles. The molecule has 0 aliphatic carbocycles. The minimum absolute atomic E-state index is 0.246. The van der Waals surface area contributed by atoms with Crippen LogP contribution in [0, 0.1) is 0 Å². The van der Waals surface area contributed by atoms with Crippen molar-refractivity contribution in [3.8, 4) is 0 Å². The lowest BCUT2D eigenvalue weighted by Gasteiger charge is -2.09. The van der Waals surface area contributed by atoms with Crippen molar-refractivity contribution in [1.82, 2.24) is 10.6 Å². The predicted molar refractivity (Wildman–Crippen MR) is 61.7 cm³/mol. The molecule has 0 unspecified atom stereocenters. The summed E-state index contributed by atoms with van der Waals surface area (Å²) in [7, 11) is 3.02. The normalized spacial score (nSPS) is 9.47. The number of rotatable bonds is 7. The van der Waals surface area contributed by atoms with Crippen molar-refractivity contribution in [3.05, 3.63) is 0 Å². The third kappa shape index (κ3) is 9.42. The highest BCUT2D eigenvalue weighted by molar-refractivity contribution is 7.80. The highest BCUT2D eigenvalue weighted by atomic mass is 32.1. The van der Waals surface area contributed by atoms with Gasteiger partial charge in [0.25, 0.3) is 0 Å². The van der Waals surface area contributed by atoms with Gasteiger partial charge < -0.3 is 20.1 Å². The zero-order chi connectivity index (χ0) is 11.5. The molecule has 0 saturated carbocycles. The minimum Gasteiger partial charge on any atom is -0.469 e. The molecule has 0 fully saturated rings. The third-order valence-corrected chi connectivity index (χ3v) is 1.94. The van der Waals surface area contributed by atoms with Crippen LogP contribution in [0.25, 0.3) is 0 Å². The molecule has 15 heavy (non-hydrogen) atoms. The van der Waals surface area contributed by atoms with Crippen LogP contribution in [-0.4, -0.2) is 45.0 Å². The van der Waals surface area contributed by atoms with Crippen LogP contribution in [0.4, 0.5) is 0 Å². The summed E-state index contributed by atoms with van der Waals surface area (Å²) in [5.41, 5.74) is 0. The van der Waals surface area contributed by atoms with Crippen molar-refractivity contribution in [2.75, 3.05) is 33.9 Å². The highest BCUT2D eigenvalue weighted by Crippen LogP contribution is 1.82. The fourth-order valence-corrected chi connectivity index (χ4v) is 1.07. The lowest BCUT2D eigenvalue weighted by Crippen LogP contribution is -2.37. The van der Waals surface area contributed by atoms with Crippen LogP contribution in [0.3, 0.4) is 0 Å². The Morgan fingerprint density at radius 2 is 1.93 bits per heavy atom. The first kappa shape index (κ1) is 14.1. The molecule has 88 valence electrons. The van der Waals surface area contributed by atoms with Gasteiger partial charge in [0.15, 0.2) is 5.11 Å². The van der Waals surface area contributed by atoms with Gasteiger partial charge >= 0.3 is 5.97 Å². The molecule has 0 spiro atoms. The van der Waals surface area contributed by atoms with E-state index in [0.29, 0.717) is 24.7 Å². The topological polar surface area (TPSA) is 59.6 Å². The largest absolute Gasteiger partial charge is 0.469 e. The lowest BCUT2D eigenvalue weighted by atomic mass is 10.4. The molecule has 0 rings (SSSR count). The summed E-state index contributed by atoms with van der Waals surface area (Å²) in [6.07, 6.45) is 1.21. The molecule has 0 amide bonds. The summed E-state index contributed by atoms with van der Waals surface area (Å²) >= 11 is 4.98. The maximum Gasteiger partial charge on any atom is 0.307 e. The molecule has 6 heteroatoms. The second kappa shape index (κ2) is 9.67. The van der Waals surface area contributed by atoms with Crippen LogP contribution >= 0.6 is 12.2 Å². The summed E-state index contributed by atoms with van der Waals surface area (Å²) in [5, 5.41) is 6.45. The van der Waals surface area contributed by atoms with Gasteiger partial charge in [0.2, 0.25) is 0 Å². The van der Waals surface area contributed by atoms with Gasteiger partial charge in [-0.3, -0.25) is 4.79 Å². The van der Waals surface area contributed by atoms with E-state index in [9.17, 15) is 4.79 Å². The smallest absolute Gasteiger partial charge is 0.307 e. The first-order valence-electron chi connectivity index (χ1n) is 4.78. The van der Waals surface area contributed by atoms with E-state index < -0.39 is 0 Å². The van der Waals surface area contributed by atoms with Crippen molar-refractivity contribution in [1.29, 1.82) is 0 Å². The molecule has 0 aliphatic rings. The summed E-state index contributed by atoms with van der Waals surface area (Å²) in [4.78, 5) is 10.8. The Morgan fingerprint density at radius 3 is 2.53 bits per heavy atom. The first-order valence-corrected chi connectivity index (χ1v) is 5.19. The van der Waals surface area contributed by atoms with Crippen molar-refractivity contribution in [2.24, 2.45) is 0 Å². The van der Waals surface area contributed by atoms with Gasteiger partial charge in [-0.2, -0.15) is 0 Å². The van der Waals surface area contributed by atoms with Crippen LogP contribution in [0.15, 0.2) is 0 Å². The average molecular weight is 234 g/mol. The summed E-state index contributed by atoms with van der Waals surface area (Å²) < 4.78 is 9.37. The monoisotopic (exact) mass is 234 g/mol. The second-order valence-corrected chi connectivity index (χ2v) is 3.26. The number of thiocarbonyl (C=S) groups is 1. The fourth-order valence-electron chi connectivity index (χ4n) is 0.861. The van der Waals surface area contributed by atoms with E-state index in [1.54, 1.807) is 7.11 Å². The van der Waals surface area contributed by atoms with E-state index in [0.717, 1.165) is 13.0 Å². The van der Waals surface area contributed by atoms with Crippen LogP contribution in [-0.2, 0) is 14.3 Å². The number of esters is 1. The summed E-state index contributed by atoms with van der Waals surface area (Å²) in [6.45, 7) is 1.96. The highest BCUT2D eigenvalue weighted by Gasteiger charge is 2.00. The summed E-state index contributed by atoms with van der Waals surface area (Å²) in [5.74, 6) is -0.246. The van der Waals surface area contributed by atoms with E-state index >= 15 is 0 Å². The zero-order valence-electron chi connectivity index (χ0n) is 9.17. The molecular weight excluding hydrogens is 216 g/mol. The van der Waals surface area contributed by atoms with Gasteiger partial charge in [0.05, 0.1) is 13.5 Å². The van der Waals surface area contributed by atoms with Gasteiger partial charge in [-0.1, -0.05) is 0 Å². The van der Waals surface area contributed by atoms with E-state index in [4.69, 9.17) is 17.0 Å². The number of ether oxygens (including phenoxy) is 2. The van der Waals surface area contributed by atoms with Gasteiger partial charge in [-0.05, 0) is 18.6 Å². The molecule has 0 radical (unpaired) electrons. The van der Waals surface area contributed by atoms with Crippen LogP contribution in [0.5, 0.6) is 0 Å². The number of methoxy groups -OCH3 is 2. The number of hydrogen-bond donors (Lipinski definition) is 2. The third-order valence-electron chi connectivity index (χ3n) is 1.65. The molecule has 0 bridgehead atoms. The number of carbonyl (C=O) groups is 1. The molecule has 5 nitrogen and oxygen atoms in total. The van der Waals surface area contributed by atoms with Gasteiger partial charge in [-0.25, -0.2) is 0 Å². The Balaban J connectivity index is 3.29. The molecule has 2 N–H and O–H groups in total. The Hall–Kier alpha value is -0.880. The minimum atomic E-state index is -0.246. The van der Waals surface area contributed by atoms with Crippen molar-refractivity contribution >= 4 is 23.3 Å². The van der Waals surface area contributed by atoms with Crippen molar-refractivity contribution in [2.45, 2.75) is 12.8 Å². The molecule has 0 aromatic rings. The van der Waals surface area contributed by atoms with E-state index in [1.165, 1.54) is 7.11 Å². The van der Waals surface area contributed by atoms with Crippen LogP contribution < -0.4 is 10.6 Å². The SMILES string of the molecule is COCCCNC(=S)NCCC(=O)OC. The maximum atomic E-state index is 10.8. The van der Waals surface area contributed by atoms with Crippen molar-refractivity contribution in [3.63, 3.8) is 0 Å². The quantitative estimate of drug-likeness (QED) is 0.369. The fraction of sp³-hybridized carbons (Fsp3) is 0.778. The average Bonchev–Trinajstić information content (AvgIpc) is 2.24. The molecule has 0 atom stereocenters. The van der Waals surface area contributed by atoms with E-state index in [1.807, 2.05) is 0 Å². The molecule has 0 aliphatic heterocycles. The van der Waals surface area contributed by atoms with Crippen LogP contribution in [0.1, 0.15) is 12.8 Å². The Kier molecular flexibility index (Phi) is 9.10. The Labute approximate surface area is 95.5 Å². The summed E-state index contributed by atoms with van der Waals surface area (Å²) in [6, 6.07) is 0. The number of carbonyl (C=O) groups excluding carboxylic acids is 1. The predicted octanol–water partition coefficient (Wildman–Crippen LogP) is 0.0501.